The maximum Gasteiger partial charge on any atom is 0.355 e. The molecule has 4 heterocycles. The molecule has 0 saturated carbocycles. The van der Waals surface area contributed by atoms with Crippen LogP contribution < -0.4 is 21.1 Å². The summed E-state index contributed by atoms with van der Waals surface area (Å²) in [6, 6.07) is 14.9. The first-order valence-corrected chi connectivity index (χ1v) is 14.3. The summed E-state index contributed by atoms with van der Waals surface area (Å²) in [6.07, 6.45) is 0.386. The monoisotopic (exact) mass is 611 g/mol. The van der Waals surface area contributed by atoms with Crippen molar-refractivity contribution in [2.45, 2.75) is 12.7 Å². The van der Waals surface area contributed by atoms with Gasteiger partial charge in [0.1, 0.15) is 23.9 Å². The molecule has 0 bridgehead atoms. The van der Waals surface area contributed by atoms with Gasteiger partial charge in [0.05, 0.1) is 12.7 Å². The number of nitrogens with one attached hydrogen (secondary N) is 2. The van der Waals surface area contributed by atoms with Gasteiger partial charge in [0.15, 0.2) is 5.69 Å². The molecule has 222 valence electrons. The number of amides is 2. The van der Waals surface area contributed by atoms with Crippen LogP contribution in [0.5, 0.6) is 5.75 Å². The Kier molecular flexibility index (Phi) is 7.66. The molecule has 6 rings (SSSR count). The number of nitrogens with zero attached hydrogens (tertiary/aromatic N) is 2. The molecule has 0 aliphatic carbocycles. The zero-order valence-electron chi connectivity index (χ0n) is 22.9. The third-order valence-corrected chi connectivity index (χ3v) is 8.11. The van der Waals surface area contributed by atoms with E-state index in [1.165, 1.54) is 23.5 Å². The quantitative estimate of drug-likeness (QED) is 0.151. The standard InChI is InChI=1S/C31H25N5O7S/c32-28-19-2-1-17(9-15(19)5-7-33-28)35-29(39)22-10-23-25(43-14-16-6-8-44-27(16)23)11-21(22)20-3-4-24(36-26(20)31(41)42)30(40)34-12-18(38)13-37/h1-11,18,37-38H,12-14H2,(H2,32,33)(H,34,40)(H,35,39)(H,41,42)/t18-/m1/s1. The van der Waals surface area contributed by atoms with Crippen LogP contribution in [0.3, 0.4) is 0 Å². The van der Waals surface area contributed by atoms with Crippen molar-refractivity contribution in [2.24, 2.45) is 0 Å². The van der Waals surface area contributed by atoms with E-state index >= 15 is 0 Å². The van der Waals surface area contributed by atoms with Crippen LogP contribution in [0.2, 0.25) is 0 Å². The Morgan fingerprint density at radius 3 is 2.66 bits per heavy atom. The maximum atomic E-state index is 13.9. The lowest BCUT2D eigenvalue weighted by molar-refractivity contribution is 0.0690. The van der Waals surface area contributed by atoms with Gasteiger partial charge in [-0.3, -0.25) is 9.59 Å². The van der Waals surface area contributed by atoms with Crippen LogP contribution >= 0.6 is 11.3 Å². The van der Waals surface area contributed by atoms with Gasteiger partial charge in [-0.2, -0.15) is 0 Å². The molecule has 2 aromatic carbocycles. The summed E-state index contributed by atoms with van der Waals surface area (Å²) >= 11 is 1.50. The number of aromatic nitrogens is 2. The lowest BCUT2D eigenvalue weighted by atomic mass is 9.92. The molecule has 7 N–H and O–H groups in total. The van der Waals surface area contributed by atoms with E-state index < -0.39 is 36.2 Å². The number of thiophene rings is 1. The molecule has 44 heavy (non-hydrogen) atoms. The number of aromatic carboxylic acids is 1. The molecule has 0 saturated heterocycles. The number of rotatable bonds is 8. The van der Waals surface area contributed by atoms with Gasteiger partial charge in [0.25, 0.3) is 11.8 Å². The van der Waals surface area contributed by atoms with Crippen molar-refractivity contribution in [2.75, 3.05) is 24.2 Å². The average molecular weight is 612 g/mol. The number of nitrogens with two attached hydrogens (primary N) is 1. The molecule has 0 fully saturated rings. The highest BCUT2D eigenvalue weighted by Gasteiger charge is 2.27. The Balaban J connectivity index is 1.44. The third kappa shape index (κ3) is 5.42. The van der Waals surface area contributed by atoms with Gasteiger partial charge in [-0.15, -0.1) is 11.3 Å². The molecule has 5 aromatic rings. The molecular formula is C31H25N5O7S. The number of hydrogen-bond acceptors (Lipinski definition) is 10. The summed E-state index contributed by atoms with van der Waals surface area (Å²) in [5.41, 5.74) is 7.93. The molecule has 0 spiro atoms. The molecule has 0 unspecified atom stereocenters. The van der Waals surface area contributed by atoms with Crippen LogP contribution in [0.25, 0.3) is 32.3 Å². The van der Waals surface area contributed by atoms with Crippen molar-refractivity contribution in [1.82, 2.24) is 15.3 Å². The maximum absolute atomic E-state index is 13.9. The minimum atomic E-state index is -1.42. The predicted molar refractivity (Wildman–Crippen MR) is 164 cm³/mol. The number of benzene rings is 2. The molecule has 2 amide bonds. The van der Waals surface area contributed by atoms with Crippen LogP contribution in [-0.2, 0) is 6.61 Å². The fourth-order valence-corrected chi connectivity index (χ4v) is 5.87. The molecule has 0 radical (unpaired) electrons. The summed E-state index contributed by atoms with van der Waals surface area (Å²) < 4.78 is 5.99. The summed E-state index contributed by atoms with van der Waals surface area (Å²) in [7, 11) is 0. The van der Waals surface area contributed by atoms with Crippen LogP contribution in [0.4, 0.5) is 11.5 Å². The number of anilines is 2. The summed E-state index contributed by atoms with van der Waals surface area (Å²) in [6.45, 7) is -0.499. The molecule has 1 aliphatic rings. The second kappa shape index (κ2) is 11.7. The predicted octanol–water partition coefficient (Wildman–Crippen LogP) is 3.53. The van der Waals surface area contributed by atoms with E-state index in [0.29, 0.717) is 29.4 Å². The van der Waals surface area contributed by atoms with Crippen molar-refractivity contribution in [1.29, 1.82) is 0 Å². The van der Waals surface area contributed by atoms with Crippen LogP contribution in [-0.4, -0.2) is 62.3 Å². The summed E-state index contributed by atoms with van der Waals surface area (Å²) in [5, 5.41) is 37.4. The first-order valence-electron chi connectivity index (χ1n) is 13.4. The zero-order chi connectivity index (χ0) is 31.0. The topological polar surface area (TPSA) is 197 Å². The number of fused-ring (bicyclic) bond motifs is 4. The largest absolute Gasteiger partial charge is 0.488 e. The Morgan fingerprint density at radius 2 is 1.86 bits per heavy atom. The first kappa shape index (κ1) is 28.7. The van der Waals surface area contributed by atoms with Crippen molar-refractivity contribution in [3.05, 3.63) is 88.7 Å². The second-order valence-corrected chi connectivity index (χ2v) is 10.9. The van der Waals surface area contributed by atoms with Gasteiger partial charge in [-0.25, -0.2) is 14.8 Å². The number of aliphatic hydroxyl groups is 2. The van der Waals surface area contributed by atoms with E-state index in [-0.39, 0.29) is 28.9 Å². The van der Waals surface area contributed by atoms with Gasteiger partial charge in [0, 0.05) is 56.5 Å². The molecule has 1 atom stereocenters. The lowest BCUT2D eigenvalue weighted by Gasteiger charge is -2.21. The normalized spacial score (nSPS) is 12.5. The number of aliphatic hydroxyl groups excluding tert-OH is 2. The summed E-state index contributed by atoms with van der Waals surface area (Å²) in [5.74, 6) is -1.84. The molecule has 1 aliphatic heterocycles. The summed E-state index contributed by atoms with van der Waals surface area (Å²) in [4.78, 5) is 48.0. The highest BCUT2D eigenvalue weighted by atomic mass is 32.1. The van der Waals surface area contributed by atoms with Gasteiger partial charge in [0.2, 0.25) is 0 Å². The van der Waals surface area contributed by atoms with Crippen molar-refractivity contribution in [3.8, 4) is 27.3 Å². The van der Waals surface area contributed by atoms with Crippen molar-refractivity contribution >= 4 is 51.4 Å². The molecule has 13 heteroatoms. The van der Waals surface area contributed by atoms with E-state index in [1.54, 1.807) is 42.6 Å². The Labute approximate surface area is 253 Å². The molecule has 12 nitrogen and oxygen atoms in total. The van der Waals surface area contributed by atoms with E-state index in [4.69, 9.17) is 15.6 Å². The van der Waals surface area contributed by atoms with Gasteiger partial charge >= 0.3 is 5.97 Å². The number of nitrogen functional groups attached to an aromatic ring is 1. The minimum absolute atomic E-state index is 0.0929. The van der Waals surface area contributed by atoms with Gasteiger partial charge in [-0.05, 0) is 65.4 Å². The first-order chi connectivity index (χ1) is 21.2. The Morgan fingerprint density at radius 1 is 1.02 bits per heavy atom. The fourth-order valence-electron chi connectivity index (χ4n) is 4.94. The van der Waals surface area contributed by atoms with E-state index in [9.17, 15) is 24.6 Å². The lowest BCUT2D eigenvalue weighted by Crippen LogP contribution is -2.34. The third-order valence-electron chi connectivity index (χ3n) is 7.12. The van der Waals surface area contributed by atoms with Crippen molar-refractivity contribution < 1.29 is 34.4 Å². The zero-order valence-corrected chi connectivity index (χ0v) is 23.7. The van der Waals surface area contributed by atoms with E-state index in [1.807, 2.05) is 11.4 Å². The second-order valence-electron chi connectivity index (χ2n) is 9.99. The van der Waals surface area contributed by atoms with Gasteiger partial charge < -0.3 is 36.4 Å². The van der Waals surface area contributed by atoms with E-state index in [2.05, 4.69) is 20.6 Å². The highest BCUT2D eigenvalue weighted by molar-refractivity contribution is 7.13. The number of ether oxygens (including phenoxy) is 1. The number of carbonyl (C=O) groups is 3. The van der Waals surface area contributed by atoms with E-state index in [0.717, 1.165) is 21.2 Å². The SMILES string of the molecule is Nc1nccc2cc(NC(=O)c3cc4c(cc3-c3ccc(C(=O)NC[C@@H](O)CO)nc3C(=O)O)OCc3ccsc3-4)ccc12. The number of hydrogen-bond donors (Lipinski definition) is 6. The average Bonchev–Trinajstić information content (AvgIpc) is 3.52. The number of pyridine rings is 2. The Bertz CT molecular complexity index is 1960. The molecular weight excluding hydrogens is 586 g/mol. The minimum Gasteiger partial charge on any atom is -0.488 e. The Hall–Kier alpha value is -5.37. The number of carboxylic acid groups (broad SMARTS) is 1. The van der Waals surface area contributed by atoms with Crippen LogP contribution in [0.15, 0.2) is 66.2 Å². The van der Waals surface area contributed by atoms with Crippen LogP contribution in [0, 0.1) is 0 Å². The van der Waals surface area contributed by atoms with Crippen LogP contribution in [0.1, 0.15) is 36.9 Å². The molecule has 3 aromatic heterocycles. The number of carboxylic acids is 1. The highest BCUT2D eigenvalue weighted by Crippen LogP contribution is 2.44. The smallest absolute Gasteiger partial charge is 0.355 e. The van der Waals surface area contributed by atoms with Gasteiger partial charge in [-0.1, -0.05) is 0 Å². The fraction of sp³-hybridized carbons (Fsp3) is 0.129. The van der Waals surface area contributed by atoms with Crippen molar-refractivity contribution in [3.63, 3.8) is 0 Å². The number of carbonyl (C=O) groups excluding carboxylic acids is 2.